The Kier molecular flexibility index (Phi) is 3.35. The van der Waals surface area contributed by atoms with Gasteiger partial charge in [0, 0.05) is 24.3 Å². The number of morpholine rings is 1. The summed E-state index contributed by atoms with van der Waals surface area (Å²) in [4.78, 5) is 2.20. The van der Waals surface area contributed by atoms with Crippen LogP contribution in [0, 0.1) is 5.82 Å². The molecular weight excluding hydrogens is 219 g/mol. The molecule has 1 fully saturated rings. The normalized spacial score (nSPS) is 17.3. The van der Waals surface area contributed by atoms with E-state index in [-0.39, 0.29) is 5.82 Å². The first-order valence-electron chi connectivity index (χ1n) is 5.90. The predicted molar refractivity (Wildman–Crippen MR) is 66.6 cm³/mol. The number of hydrogen-bond donors (Lipinski definition) is 1. The SMILES string of the molecule is CC(C)(N)c1cc(F)ccc1N1CCOCC1. The van der Waals surface area contributed by atoms with Gasteiger partial charge < -0.3 is 15.4 Å². The van der Waals surface area contributed by atoms with E-state index in [1.165, 1.54) is 12.1 Å². The van der Waals surface area contributed by atoms with Crippen molar-refractivity contribution in [1.82, 2.24) is 0 Å². The van der Waals surface area contributed by atoms with Crippen molar-refractivity contribution in [1.29, 1.82) is 0 Å². The van der Waals surface area contributed by atoms with Crippen LogP contribution in [0.25, 0.3) is 0 Å². The third kappa shape index (κ3) is 2.76. The number of hydrogen-bond acceptors (Lipinski definition) is 3. The van der Waals surface area contributed by atoms with Crippen LogP contribution in [0.2, 0.25) is 0 Å². The zero-order valence-electron chi connectivity index (χ0n) is 10.4. The van der Waals surface area contributed by atoms with E-state index in [0.29, 0.717) is 13.2 Å². The molecule has 94 valence electrons. The van der Waals surface area contributed by atoms with Crippen LogP contribution in [0.15, 0.2) is 18.2 Å². The van der Waals surface area contributed by atoms with Crippen LogP contribution >= 0.6 is 0 Å². The van der Waals surface area contributed by atoms with Crippen LogP contribution in [-0.4, -0.2) is 26.3 Å². The van der Waals surface area contributed by atoms with Crippen LogP contribution in [0.5, 0.6) is 0 Å². The molecule has 1 saturated heterocycles. The van der Waals surface area contributed by atoms with Gasteiger partial charge in [-0.05, 0) is 37.6 Å². The summed E-state index contributed by atoms with van der Waals surface area (Å²) in [6, 6.07) is 4.83. The standard InChI is InChI=1S/C13H19FN2O/c1-13(2,15)11-9-10(14)3-4-12(11)16-5-7-17-8-6-16/h3-4,9H,5-8,15H2,1-2H3. The maximum atomic E-state index is 13.3. The summed E-state index contributed by atoms with van der Waals surface area (Å²) in [5.41, 5.74) is 7.43. The van der Waals surface area contributed by atoms with Crippen LogP contribution in [0.3, 0.4) is 0 Å². The molecule has 2 N–H and O–H groups in total. The average molecular weight is 238 g/mol. The average Bonchev–Trinajstić information content (AvgIpc) is 2.29. The highest BCUT2D eigenvalue weighted by molar-refractivity contribution is 5.56. The molecular formula is C13H19FN2O. The minimum absolute atomic E-state index is 0.240. The Morgan fingerprint density at radius 2 is 1.94 bits per heavy atom. The van der Waals surface area contributed by atoms with E-state index in [0.717, 1.165) is 24.3 Å². The van der Waals surface area contributed by atoms with E-state index >= 15 is 0 Å². The molecule has 1 aromatic rings. The Hall–Kier alpha value is -1.13. The number of anilines is 1. The molecule has 4 heteroatoms. The summed E-state index contributed by atoms with van der Waals surface area (Å²) in [5.74, 6) is -0.240. The van der Waals surface area contributed by atoms with Gasteiger partial charge in [0.25, 0.3) is 0 Å². The fraction of sp³-hybridized carbons (Fsp3) is 0.538. The molecule has 17 heavy (non-hydrogen) atoms. The van der Waals surface area contributed by atoms with Crippen molar-refractivity contribution in [2.75, 3.05) is 31.2 Å². The summed E-state index contributed by atoms with van der Waals surface area (Å²) in [6.45, 7) is 6.87. The van der Waals surface area contributed by atoms with Gasteiger partial charge in [-0.2, -0.15) is 0 Å². The van der Waals surface area contributed by atoms with Gasteiger partial charge in [-0.15, -0.1) is 0 Å². The Labute approximate surface area is 101 Å². The van der Waals surface area contributed by atoms with E-state index < -0.39 is 5.54 Å². The van der Waals surface area contributed by atoms with Gasteiger partial charge in [-0.1, -0.05) is 0 Å². The maximum absolute atomic E-state index is 13.3. The quantitative estimate of drug-likeness (QED) is 0.854. The molecule has 0 aromatic heterocycles. The van der Waals surface area contributed by atoms with Gasteiger partial charge in [0.1, 0.15) is 5.82 Å². The first-order valence-corrected chi connectivity index (χ1v) is 5.90. The summed E-state index contributed by atoms with van der Waals surface area (Å²) < 4.78 is 18.7. The van der Waals surface area contributed by atoms with Crippen molar-refractivity contribution < 1.29 is 9.13 Å². The van der Waals surface area contributed by atoms with Gasteiger partial charge >= 0.3 is 0 Å². The zero-order valence-corrected chi connectivity index (χ0v) is 10.4. The molecule has 2 rings (SSSR count). The lowest BCUT2D eigenvalue weighted by Gasteiger charge is -2.33. The Balaban J connectivity index is 2.38. The summed E-state index contributed by atoms with van der Waals surface area (Å²) in [6.07, 6.45) is 0. The number of ether oxygens (including phenoxy) is 1. The predicted octanol–water partition coefficient (Wildman–Crippen LogP) is 1.86. The third-order valence-corrected chi connectivity index (χ3v) is 3.00. The molecule has 0 amide bonds. The Morgan fingerprint density at radius 3 is 2.53 bits per heavy atom. The lowest BCUT2D eigenvalue weighted by molar-refractivity contribution is 0.122. The van der Waals surface area contributed by atoms with E-state index in [1.807, 2.05) is 19.9 Å². The number of nitrogens with two attached hydrogens (primary N) is 1. The highest BCUT2D eigenvalue weighted by atomic mass is 19.1. The largest absolute Gasteiger partial charge is 0.378 e. The highest BCUT2D eigenvalue weighted by Gasteiger charge is 2.23. The molecule has 0 atom stereocenters. The molecule has 1 aliphatic rings. The van der Waals surface area contributed by atoms with Crippen molar-refractivity contribution in [2.24, 2.45) is 5.73 Å². The molecule has 0 bridgehead atoms. The second-order valence-corrected chi connectivity index (χ2v) is 4.98. The number of nitrogens with zero attached hydrogens (tertiary/aromatic N) is 1. The van der Waals surface area contributed by atoms with E-state index in [1.54, 1.807) is 0 Å². The van der Waals surface area contributed by atoms with Gasteiger partial charge in [-0.3, -0.25) is 0 Å². The van der Waals surface area contributed by atoms with Gasteiger partial charge in [0.2, 0.25) is 0 Å². The minimum Gasteiger partial charge on any atom is -0.378 e. The van der Waals surface area contributed by atoms with Gasteiger partial charge in [0.15, 0.2) is 0 Å². The van der Waals surface area contributed by atoms with Crippen molar-refractivity contribution >= 4 is 5.69 Å². The first-order chi connectivity index (χ1) is 7.98. The van der Waals surface area contributed by atoms with Crippen LogP contribution in [-0.2, 0) is 10.3 Å². The number of halogens is 1. The van der Waals surface area contributed by atoms with Crippen molar-refractivity contribution in [3.8, 4) is 0 Å². The molecule has 0 saturated carbocycles. The number of rotatable bonds is 2. The van der Waals surface area contributed by atoms with Crippen molar-refractivity contribution in [3.63, 3.8) is 0 Å². The maximum Gasteiger partial charge on any atom is 0.123 e. The molecule has 1 aromatic carbocycles. The van der Waals surface area contributed by atoms with Crippen LogP contribution in [0.4, 0.5) is 10.1 Å². The van der Waals surface area contributed by atoms with E-state index in [2.05, 4.69) is 4.90 Å². The van der Waals surface area contributed by atoms with Gasteiger partial charge in [0.05, 0.1) is 13.2 Å². The van der Waals surface area contributed by atoms with E-state index in [9.17, 15) is 4.39 Å². The molecule has 0 radical (unpaired) electrons. The minimum atomic E-state index is -0.546. The second-order valence-electron chi connectivity index (χ2n) is 4.98. The third-order valence-electron chi connectivity index (χ3n) is 3.00. The van der Waals surface area contributed by atoms with Crippen LogP contribution in [0.1, 0.15) is 19.4 Å². The Morgan fingerprint density at radius 1 is 1.29 bits per heavy atom. The summed E-state index contributed by atoms with van der Waals surface area (Å²) in [7, 11) is 0. The monoisotopic (exact) mass is 238 g/mol. The molecule has 1 aliphatic heterocycles. The summed E-state index contributed by atoms with van der Waals surface area (Å²) >= 11 is 0. The fourth-order valence-electron chi connectivity index (χ4n) is 2.10. The molecule has 1 heterocycles. The van der Waals surface area contributed by atoms with Crippen LogP contribution < -0.4 is 10.6 Å². The zero-order chi connectivity index (χ0) is 12.5. The second kappa shape index (κ2) is 4.63. The van der Waals surface area contributed by atoms with E-state index in [4.69, 9.17) is 10.5 Å². The van der Waals surface area contributed by atoms with Crippen molar-refractivity contribution in [2.45, 2.75) is 19.4 Å². The number of benzene rings is 1. The lowest BCUT2D eigenvalue weighted by atomic mass is 9.93. The highest BCUT2D eigenvalue weighted by Crippen LogP contribution is 2.30. The summed E-state index contributed by atoms with van der Waals surface area (Å²) in [5, 5.41) is 0. The first kappa shape index (κ1) is 12.3. The van der Waals surface area contributed by atoms with Gasteiger partial charge in [-0.25, -0.2) is 4.39 Å². The lowest BCUT2D eigenvalue weighted by Crippen LogP contribution is -2.39. The molecule has 0 aliphatic carbocycles. The smallest absolute Gasteiger partial charge is 0.123 e. The fourth-order valence-corrected chi connectivity index (χ4v) is 2.10. The Bertz CT molecular complexity index is 395. The topological polar surface area (TPSA) is 38.5 Å². The van der Waals surface area contributed by atoms with Crippen molar-refractivity contribution in [3.05, 3.63) is 29.6 Å². The molecule has 0 unspecified atom stereocenters. The molecule has 0 spiro atoms. The molecule has 3 nitrogen and oxygen atoms in total.